The molecule has 0 atom stereocenters. The summed E-state index contributed by atoms with van der Waals surface area (Å²) in [4.78, 5) is 0. The number of benzene rings is 3. The van der Waals surface area contributed by atoms with Crippen molar-refractivity contribution in [2.75, 3.05) is 19.9 Å². The zero-order chi connectivity index (χ0) is 22.3. The predicted molar refractivity (Wildman–Crippen MR) is 145 cm³/mol. The summed E-state index contributed by atoms with van der Waals surface area (Å²) in [5, 5.41) is 1.54. The van der Waals surface area contributed by atoms with E-state index >= 15 is 0 Å². The molecule has 4 rings (SSSR count). The van der Waals surface area contributed by atoms with E-state index in [1.54, 1.807) is 0 Å². The Kier molecular flexibility index (Phi) is 7.87. The van der Waals surface area contributed by atoms with Gasteiger partial charge >= 0.3 is 203 Å². The molecule has 0 N–H and O–H groups in total. The summed E-state index contributed by atoms with van der Waals surface area (Å²) in [6.45, 7) is 0.897. The van der Waals surface area contributed by atoms with Crippen LogP contribution in [0.1, 0.15) is 38.5 Å². The first-order valence-corrected chi connectivity index (χ1v) is 16.5. The number of methoxy groups -OCH3 is 1. The molecule has 0 spiro atoms. The van der Waals surface area contributed by atoms with Crippen LogP contribution in [-0.4, -0.2) is 19.9 Å². The normalized spacial score (nSPS) is 20.4. The molecule has 170 valence electrons. The molecule has 0 heterocycles. The van der Waals surface area contributed by atoms with Gasteiger partial charge in [0.25, 0.3) is 0 Å². The Morgan fingerprint density at radius 1 is 0.688 bits per heavy atom. The van der Waals surface area contributed by atoms with Crippen LogP contribution in [0.25, 0.3) is 0 Å². The molecular weight excluding hydrogens is 475 g/mol. The van der Waals surface area contributed by atoms with E-state index in [-0.39, 0.29) is 0 Å². The second-order valence-electron chi connectivity index (χ2n) is 9.39. The van der Waals surface area contributed by atoms with E-state index in [0.29, 0.717) is 0 Å². The molecule has 3 aromatic rings. The zero-order valence-electron chi connectivity index (χ0n) is 19.2. The summed E-state index contributed by atoms with van der Waals surface area (Å²) in [6.07, 6.45) is 9.06. The molecule has 0 aliphatic heterocycles. The molecular formula is C29H36BrOP. The molecule has 1 aliphatic rings. The quantitative estimate of drug-likeness (QED) is 0.221. The number of hydrogen-bond donors (Lipinski definition) is 0. The standard InChI is InChI=1S/C29H36BrOP/c1-31-23-11-12-25-19-21-26(22-20-25)24-32(30,27-13-5-2-6-14-27,28-15-7-3-8-16-28)29-17-9-4-10-18-29/h2-10,13-18,25-26H,11-12,19-24H2,1H3. The van der Waals surface area contributed by atoms with Crippen LogP contribution in [0.5, 0.6) is 0 Å². The van der Waals surface area contributed by atoms with Gasteiger partial charge in [-0.25, -0.2) is 0 Å². The van der Waals surface area contributed by atoms with Gasteiger partial charge in [0.15, 0.2) is 0 Å². The van der Waals surface area contributed by atoms with Crippen molar-refractivity contribution in [1.82, 2.24) is 0 Å². The zero-order valence-corrected chi connectivity index (χ0v) is 21.7. The van der Waals surface area contributed by atoms with Crippen LogP contribution in [-0.2, 0) is 4.74 Å². The Morgan fingerprint density at radius 3 is 1.50 bits per heavy atom. The van der Waals surface area contributed by atoms with Crippen molar-refractivity contribution in [1.29, 1.82) is 0 Å². The third kappa shape index (κ3) is 4.74. The maximum atomic E-state index is 5.28. The topological polar surface area (TPSA) is 9.23 Å². The summed E-state index contributed by atoms with van der Waals surface area (Å²) in [6, 6.07) is 33.7. The summed E-state index contributed by atoms with van der Waals surface area (Å²) in [5.74, 6) is 1.60. The van der Waals surface area contributed by atoms with Crippen LogP contribution in [0, 0.1) is 11.8 Å². The van der Waals surface area contributed by atoms with Crippen molar-refractivity contribution in [3.63, 3.8) is 0 Å². The van der Waals surface area contributed by atoms with E-state index in [1.807, 2.05) is 7.11 Å². The Morgan fingerprint density at radius 2 is 1.09 bits per heavy atom. The van der Waals surface area contributed by atoms with E-state index in [9.17, 15) is 0 Å². The minimum atomic E-state index is -2.79. The van der Waals surface area contributed by atoms with Gasteiger partial charge in [0.05, 0.1) is 0 Å². The van der Waals surface area contributed by atoms with Crippen LogP contribution >= 0.6 is 20.8 Å². The molecule has 0 bridgehead atoms. The van der Waals surface area contributed by atoms with Gasteiger partial charge in [-0.1, -0.05) is 0 Å². The third-order valence-corrected chi connectivity index (χ3v) is 17.3. The number of hydrogen-bond acceptors (Lipinski definition) is 1. The van der Waals surface area contributed by atoms with Crippen molar-refractivity contribution in [2.24, 2.45) is 11.8 Å². The van der Waals surface area contributed by atoms with E-state index < -0.39 is 5.31 Å². The van der Waals surface area contributed by atoms with Crippen LogP contribution < -0.4 is 15.9 Å². The van der Waals surface area contributed by atoms with Crippen molar-refractivity contribution in [3.05, 3.63) is 91.0 Å². The fraction of sp³-hybridized carbons (Fsp3) is 0.379. The fourth-order valence-electron chi connectivity index (χ4n) is 5.68. The second-order valence-corrected chi connectivity index (χ2v) is 18.4. The van der Waals surface area contributed by atoms with E-state index in [2.05, 4.69) is 106 Å². The van der Waals surface area contributed by atoms with Crippen LogP contribution in [0.4, 0.5) is 0 Å². The van der Waals surface area contributed by atoms with Gasteiger partial charge in [0.2, 0.25) is 0 Å². The van der Waals surface area contributed by atoms with Crippen molar-refractivity contribution in [3.8, 4) is 0 Å². The molecule has 1 nitrogen and oxygen atoms in total. The summed E-state index contributed by atoms with van der Waals surface area (Å²) < 4.78 is 5.28. The molecule has 0 aromatic heterocycles. The first-order valence-electron chi connectivity index (χ1n) is 12.0. The van der Waals surface area contributed by atoms with E-state index in [0.717, 1.165) is 18.4 Å². The Balaban J connectivity index is 1.73. The minimum absolute atomic E-state index is 0.728. The molecule has 1 aliphatic carbocycles. The molecule has 0 radical (unpaired) electrons. The fourth-order valence-corrected chi connectivity index (χ4v) is 14.3. The number of ether oxygens (including phenoxy) is 1. The Labute approximate surface area is 202 Å². The van der Waals surface area contributed by atoms with Gasteiger partial charge in [-0.2, -0.15) is 0 Å². The average Bonchev–Trinajstić information content (AvgIpc) is 2.87. The summed E-state index contributed by atoms with van der Waals surface area (Å²) in [5.41, 5.74) is 0. The molecule has 3 heteroatoms. The maximum absolute atomic E-state index is 5.28. The number of rotatable bonds is 9. The monoisotopic (exact) mass is 510 g/mol. The molecule has 0 saturated heterocycles. The van der Waals surface area contributed by atoms with Gasteiger partial charge in [-0.15, -0.1) is 0 Å². The Hall–Kier alpha value is -1.47. The molecule has 0 amide bonds. The summed E-state index contributed by atoms with van der Waals surface area (Å²) >= 11 is 4.63. The van der Waals surface area contributed by atoms with Gasteiger partial charge in [0.1, 0.15) is 0 Å². The first-order chi connectivity index (χ1) is 15.6. The molecule has 1 saturated carbocycles. The Bertz CT molecular complexity index is 853. The van der Waals surface area contributed by atoms with E-state index in [1.165, 1.54) is 60.6 Å². The second kappa shape index (κ2) is 10.6. The van der Waals surface area contributed by atoms with Gasteiger partial charge in [0, 0.05) is 0 Å². The van der Waals surface area contributed by atoms with Crippen molar-refractivity contribution < 1.29 is 4.74 Å². The van der Waals surface area contributed by atoms with Gasteiger partial charge < -0.3 is 0 Å². The van der Waals surface area contributed by atoms with Crippen molar-refractivity contribution in [2.45, 2.75) is 38.5 Å². The van der Waals surface area contributed by atoms with Crippen LogP contribution in [0.2, 0.25) is 0 Å². The third-order valence-electron chi connectivity index (χ3n) is 7.41. The molecule has 3 aromatic carbocycles. The van der Waals surface area contributed by atoms with E-state index in [4.69, 9.17) is 4.74 Å². The summed E-state index contributed by atoms with van der Waals surface area (Å²) in [7, 11) is 1.81. The van der Waals surface area contributed by atoms with Gasteiger partial charge in [-0.3, -0.25) is 0 Å². The molecule has 0 unspecified atom stereocenters. The predicted octanol–water partition coefficient (Wildman–Crippen LogP) is 7.06. The van der Waals surface area contributed by atoms with Gasteiger partial charge in [-0.05, 0) is 0 Å². The van der Waals surface area contributed by atoms with Crippen LogP contribution in [0.3, 0.4) is 0 Å². The number of halogens is 1. The molecule has 32 heavy (non-hydrogen) atoms. The molecule has 1 fully saturated rings. The van der Waals surface area contributed by atoms with Crippen molar-refractivity contribution >= 4 is 36.7 Å². The SMILES string of the molecule is COCCCC1CCC(CP(Br)(c2ccccc2)(c2ccccc2)c2ccccc2)CC1. The average molecular weight is 511 g/mol. The van der Waals surface area contributed by atoms with Crippen LogP contribution in [0.15, 0.2) is 91.0 Å². The first kappa shape index (κ1) is 23.7.